The Hall–Kier alpha value is -4.33. The van der Waals surface area contributed by atoms with Crippen LogP contribution in [0.4, 0.5) is 20.3 Å². The Balaban J connectivity index is 1.61. The fourth-order valence-corrected chi connectivity index (χ4v) is 3.86. The van der Waals surface area contributed by atoms with Crippen LogP contribution in [0.1, 0.15) is 15.9 Å². The third-order valence-electron chi connectivity index (χ3n) is 5.46. The zero-order chi connectivity index (χ0) is 22.9. The number of fused-ring (bicyclic) bond motifs is 2. The van der Waals surface area contributed by atoms with Gasteiger partial charge in [-0.1, -0.05) is 36.4 Å². The van der Waals surface area contributed by atoms with E-state index in [1.165, 1.54) is 24.3 Å². The summed E-state index contributed by atoms with van der Waals surface area (Å²) in [7, 11) is 0. The number of anilines is 2. The number of halogens is 2. The van der Waals surface area contributed by atoms with Crippen molar-refractivity contribution in [3.05, 3.63) is 95.6 Å². The van der Waals surface area contributed by atoms with Crippen molar-refractivity contribution in [3.63, 3.8) is 0 Å². The summed E-state index contributed by atoms with van der Waals surface area (Å²) < 4.78 is 29.4. The quantitative estimate of drug-likeness (QED) is 0.403. The molecule has 0 aliphatic carbocycles. The minimum Gasteiger partial charge on any atom is -0.384 e. The predicted octanol–water partition coefficient (Wildman–Crippen LogP) is 4.94. The monoisotopic (exact) mass is 443 g/mol. The summed E-state index contributed by atoms with van der Waals surface area (Å²) >= 11 is 0. The van der Waals surface area contributed by atoms with Crippen molar-refractivity contribution in [2.75, 3.05) is 11.1 Å². The van der Waals surface area contributed by atoms with E-state index in [4.69, 9.17) is 5.73 Å². The van der Waals surface area contributed by atoms with Gasteiger partial charge in [0.25, 0.3) is 5.91 Å². The summed E-state index contributed by atoms with van der Waals surface area (Å²) in [5, 5.41) is 2.68. The highest BCUT2D eigenvalue weighted by molar-refractivity contribution is 6.16. The van der Waals surface area contributed by atoms with E-state index in [9.17, 15) is 13.6 Å². The number of para-hydroxylation sites is 2. The Morgan fingerprint density at radius 1 is 0.939 bits per heavy atom. The van der Waals surface area contributed by atoms with Gasteiger partial charge in [-0.3, -0.25) is 4.79 Å². The second kappa shape index (κ2) is 8.31. The van der Waals surface area contributed by atoms with Crippen molar-refractivity contribution in [1.29, 1.82) is 0 Å². The minimum absolute atomic E-state index is 0.140. The third-order valence-corrected chi connectivity index (χ3v) is 5.46. The Morgan fingerprint density at radius 2 is 1.67 bits per heavy atom. The van der Waals surface area contributed by atoms with Crippen LogP contribution in [-0.4, -0.2) is 20.4 Å². The maximum Gasteiger partial charge on any atom is 0.261 e. The van der Waals surface area contributed by atoms with Gasteiger partial charge in [-0.15, -0.1) is 0 Å². The molecule has 0 aliphatic rings. The first-order valence-corrected chi connectivity index (χ1v) is 10.4. The van der Waals surface area contributed by atoms with Crippen molar-refractivity contribution < 1.29 is 13.6 Å². The number of hydrogen-bond acceptors (Lipinski definition) is 4. The largest absolute Gasteiger partial charge is 0.384 e. The predicted molar refractivity (Wildman–Crippen MR) is 124 cm³/mol. The van der Waals surface area contributed by atoms with Crippen LogP contribution in [0.5, 0.6) is 0 Å². The Kier molecular flexibility index (Phi) is 5.18. The number of aryl methyl sites for hydroxylation is 2. The molecule has 0 radical (unpaired) electrons. The lowest BCUT2D eigenvalue weighted by molar-refractivity contribution is 0.102. The molecule has 0 fully saturated rings. The fraction of sp³-hybridized carbons (Fsp3) is 0.0800. The smallest absolute Gasteiger partial charge is 0.261 e. The molecule has 0 aliphatic heterocycles. The number of rotatable bonds is 5. The maximum absolute atomic E-state index is 14.2. The van der Waals surface area contributed by atoms with E-state index < -0.39 is 11.7 Å². The molecular weight excluding hydrogens is 424 g/mol. The molecule has 3 aromatic carbocycles. The number of nitrogens with zero attached hydrogens (tertiary/aromatic N) is 3. The second-order valence-electron chi connectivity index (χ2n) is 7.60. The molecule has 8 heteroatoms. The van der Waals surface area contributed by atoms with Crippen LogP contribution in [0.3, 0.4) is 0 Å². The lowest BCUT2D eigenvalue weighted by atomic mass is 10.1. The molecule has 0 saturated heterocycles. The number of amides is 1. The highest BCUT2D eigenvalue weighted by Crippen LogP contribution is 2.29. The summed E-state index contributed by atoms with van der Waals surface area (Å²) in [5.74, 6) is -1.16. The van der Waals surface area contributed by atoms with Crippen LogP contribution in [0.25, 0.3) is 22.2 Å². The highest BCUT2D eigenvalue weighted by Gasteiger charge is 2.24. The Bertz CT molecular complexity index is 1510. The van der Waals surface area contributed by atoms with Crippen LogP contribution >= 0.6 is 0 Å². The number of carbonyl (C=O) groups is 1. The number of aromatic nitrogens is 3. The van der Waals surface area contributed by atoms with E-state index in [0.29, 0.717) is 46.4 Å². The van der Waals surface area contributed by atoms with Gasteiger partial charge in [0.15, 0.2) is 5.65 Å². The molecule has 0 unspecified atom stereocenters. The molecule has 5 rings (SSSR count). The van der Waals surface area contributed by atoms with Gasteiger partial charge >= 0.3 is 0 Å². The van der Waals surface area contributed by atoms with Gasteiger partial charge in [-0.2, -0.15) is 0 Å². The number of benzene rings is 3. The van der Waals surface area contributed by atoms with Crippen molar-refractivity contribution >= 4 is 39.6 Å². The van der Waals surface area contributed by atoms with Gasteiger partial charge in [-0.25, -0.2) is 18.7 Å². The molecule has 0 saturated carbocycles. The molecule has 0 atom stereocenters. The van der Waals surface area contributed by atoms with Crippen molar-refractivity contribution in [2.45, 2.75) is 13.0 Å². The van der Waals surface area contributed by atoms with Crippen molar-refractivity contribution in [2.24, 2.45) is 0 Å². The molecule has 2 heterocycles. The molecule has 6 nitrogen and oxygen atoms in total. The zero-order valence-electron chi connectivity index (χ0n) is 17.4. The van der Waals surface area contributed by atoms with Crippen molar-refractivity contribution in [1.82, 2.24) is 14.5 Å². The van der Waals surface area contributed by atoms with Crippen LogP contribution in [0, 0.1) is 11.6 Å². The first-order valence-electron chi connectivity index (χ1n) is 10.4. The van der Waals surface area contributed by atoms with Crippen LogP contribution < -0.4 is 11.1 Å². The summed E-state index contributed by atoms with van der Waals surface area (Å²) in [6, 6.07) is 19.4. The molecule has 1 amide bonds. The third kappa shape index (κ3) is 3.87. The molecule has 5 aromatic rings. The van der Waals surface area contributed by atoms with E-state index in [1.54, 1.807) is 34.9 Å². The van der Waals surface area contributed by atoms with Gasteiger partial charge in [0, 0.05) is 12.2 Å². The number of nitrogens with two attached hydrogens (primary N) is 1. The first-order chi connectivity index (χ1) is 16.0. The Labute approximate surface area is 187 Å². The van der Waals surface area contributed by atoms with Gasteiger partial charge in [0.05, 0.1) is 11.0 Å². The number of nitrogen functional groups attached to an aromatic ring is 1. The van der Waals surface area contributed by atoms with Crippen LogP contribution in [0.2, 0.25) is 0 Å². The van der Waals surface area contributed by atoms with Crippen LogP contribution in [-0.2, 0) is 13.0 Å². The lowest BCUT2D eigenvalue weighted by Crippen LogP contribution is -2.15. The topological polar surface area (TPSA) is 85.8 Å². The van der Waals surface area contributed by atoms with Crippen LogP contribution in [0.15, 0.2) is 72.8 Å². The standard InChI is InChI=1S/C25H19F2N5O/c26-16-7-5-8-17(14-16)29-25(33)21-22-24(31-20-11-4-3-10-19(20)30-22)32(23(21)28)13-12-15-6-1-2-9-18(15)27/h1-11,14H,12-13,28H2,(H,29,33). The normalized spacial score (nSPS) is 11.2. The minimum atomic E-state index is -0.530. The zero-order valence-corrected chi connectivity index (χ0v) is 17.4. The van der Waals surface area contributed by atoms with E-state index >= 15 is 0 Å². The molecule has 0 bridgehead atoms. The maximum atomic E-state index is 14.2. The van der Waals surface area contributed by atoms with E-state index in [-0.39, 0.29) is 17.2 Å². The SMILES string of the molecule is Nc1c(C(=O)Nc2cccc(F)c2)c2nc3ccccc3nc2n1CCc1ccccc1F. The van der Waals surface area contributed by atoms with Gasteiger partial charge in [0.2, 0.25) is 0 Å². The molecule has 33 heavy (non-hydrogen) atoms. The highest BCUT2D eigenvalue weighted by atomic mass is 19.1. The Morgan fingerprint density at radius 3 is 2.42 bits per heavy atom. The fourth-order valence-electron chi connectivity index (χ4n) is 3.86. The molecule has 0 spiro atoms. The summed E-state index contributed by atoms with van der Waals surface area (Å²) in [6.45, 7) is 0.295. The molecule has 164 valence electrons. The van der Waals surface area contributed by atoms with Gasteiger partial charge in [0.1, 0.15) is 28.5 Å². The number of hydrogen-bond donors (Lipinski definition) is 2. The summed E-state index contributed by atoms with van der Waals surface area (Å²) in [5.41, 5.74) is 9.38. The summed E-state index contributed by atoms with van der Waals surface area (Å²) in [6.07, 6.45) is 0.347. The van der Waals surface area contributed by atoms with E-state index in [2.05, 4.69) is 15.3 Å². The van der Waals surface area contributed by atoms with Gasteiger partial charge < -0.3 is 15.6 Å². The first kappa shape index (κ1) is 20.6. The van der Waals surface area contributed by atoms with E-state index in [1.807, 2.05) is 18.2 Å². The van der Waals surface area contributed by atoms with Crippen molar-refractivity contribution in [3.8, 4) is 0 Å². The number of carbonyl (C=O) groups excluding carboxylic acids is 1. The van der Waals surface area contributed by atoms with Gasteiger partial charge in [-0.05, 0) is 48.4 Å². The molecular formula is C25H19F2N5O. The van der Waals surface area contributed by atoms with E-state index in [0.717, 1.165) is 0 Å². The lowest BCUT2D eigenvalue weighted by Gasteiger charge is -2.09. The average molecular weight is 443 g/mol. The average Bonchev–Trinajstić information content (AvgIpc) is 3.07. The molecule has 3 N–H and O–H groups in total. The number of nitrogens with one attached hydrogen (secondary N) is 1. The summed E-state index contributed by atoms with van der Waals surface area (Å²) in [4.78, 5) is 22.5. The second-order valence-corrected chi connectivity index (χ2v) is 7.60. The molecule has 2 aromatic heterocycles.